The lowest BCUT2D eigenvalue weighted by Gasteiger charge is -2.48. The Morgan fingerprint density at radius 2 is 1.64 bits per heavy atom. The van der Waals surface area contributed by atoms with Crippen LogP contribution in [0.5, 0.6) is 0 Å². The second-order valence-corrected chi connectivity index (χ2v) is 25.2. The van der Waals surface area contributed by atoms with Gasteiger partial charge in [0, 0.05) is 77.3 Å². The van der Waals surface area contributed by atoms with Crippen molar-refractivity contribution in [2.45, 2.75) is 211 Å². The van der Waals surface area contributed by atoms with Gasteiger partial charge in [-0.2, -0.15) is 0 Å². The molecule has 1 aromatic heterocycles. The van der Waals surface area contributed by atoms with Gasteiger partial charge >= 0.3 is 5.97 Å². The van der Waals surface area contributed by atoms with Crippen molar-refractivity contribution in [1.29, 1.82) is 0 Å². The van der Waals surface area contributed by atoms with Gasteiger partial charge in [-0.05, 0) is 112 Å². The molecule has 20 nitrogen and oxygen atoms in total. The van der Waals surface area contributed by atoms with Gasteiger partial charge in [0.15, 0.2) is 12.6 Å². The van der Waals surface area contributed by atoms with Crippen LogP contribution in [-0.2, 0) is 54.4 Å². The molecule has 76 heavy (non-hydrogen) atoms. The molecule has 2 aromatic rings. The molecule has 4 aliphatic rings. The highest BCUT2D eigenvalue weighted by Gasteiger charge is 2.52. The Bertz CT molecular complexity index is 2280. The zero-order valence-corrected chi connectivity index (χ0v) is 48.3. The molecule has 22 heteroatoms. The van der Waals surface area contributed by atoms with Crippen LogP contribution in [-0.4, -0.2) is 204 Å². The minimum absolute atomic E-state index is 0.0447. The average molecular weight is 1100 g/mol. The number of aromatic nitrogens is 3. The Balaban J connectivity index is 1.23. The highest BCUT2D eigenvalue weighted by atomic mass is 32.2. The fraction of sp³-hybridized carbons (Fsp3) is 0.833. The Morgan fingerprint density at radius 1 is 0.961 bits per heavy atom. The van der Waals surface area contributed by atoms with Gasteiger partial charge in [0.05, 0.1) is 58.7 Å². The summed E-state index contributed by atoms with van der Waals surface area (Å²) in [6.07, 6.45) is -4.43. The van der Waals surface area contributed by atoms with Crippen LogP contribution in [0.4, 0.5) is 10.1 Å². The number of carbonyl (C=O) groups is 1. The fourth-order valence-corrected chi connectivity index (χ4v) is 13.8. The first kappa shape index (κ1) is 62.2. The van der Waals surface area contributed by atoms with Gasteiger partial charge in [-0.3, -0.25) is 9.10 Å². The van der Waals surface area contributed by atoms with Gasteiger partial charge in [-0.25, -0.2) is 17.5 Å². The van der Waals surface area contributed by atoms with Crippen molar-refractivity contribution in [3.8, 4) is 0 Å². The molecule has 6 rings (SSSR count). The lowest BCUT2D eigenvalue weighted by atomic mass is 9.77. The van der Waals surface area contributed by atoms with Gasteiger partial charge < -0.3 is 63.4 Å². The summed E-state index contributed by atoms with van der Waals surface area (Å²) in [5, 5.41) is 56.3. The number of esters is 1. The molecule has 4 N–H and O–H groups in total. The Hall–Kier alpha value is -2.97. The van der Waals surface area contributed by atoms with Crippen LogP contribution in [0.3, 0.4) is 0 Å². The fourth-order valence-electron chi connectivity index (χ4n) is 12.2. The number of aliphatic hydroxyl groups excluding tert-OH is 2. The van der Waals surface area contributed by atoms with E-state index in [2.05, 4.69) is 15.2 Å². The first-order valence-electron chi connectivity index (χ1n) is 27.3. The van der Waals surface area contributed by atoms with Crippen LogP contribution < -0.4 is 4.31 Å². The summed E-state index contributed by atoms with van der Waals surface area (Å²) in [6, 6.07) is 5.49. The molecule has 0 aliphatic carbocycles. The van der Waals surface area contributed by atoms with E-state index < -0.39 is 119 Å². The topological polar surface area (TPSA) is 237 Å². The largest absolute Gasteiger partial charge is 0.459 e. The lowest BCUT2D eigenvalue weighted by molar-refractivity contribution is -0.308. The van der Waals surface area contributed by atoms with Crippen molar-refractivity contribution in [2.24, 2.45) is 17.8 Å². The number of ether oxygens (including phenoxy) is 7. The quantitative estimate of drug-likeness (QED) is 0.169. The zero-order valence-electron chi connectivity index (χ0n) is 47.5. The van der Waals surface area contributed by atoms with E-state index >= 15 is 0 Å². The number of aliphatic hydroxyl groups is 4. The molecule has 4 saturated heterocycles. The Morgan fingerprint density at radius 3 is 2.25 bits per heavy atom. The molecule has 0 saturated carbocycles. The van der Waals surface area contributed by atoms with E-state index in [9.17, 15) is 38.0 Å². The summed E-state index contributed by atoms with van der Waals surface area (Å²) in [5.74, 6) is -2.52. The maximum absolute atomic E-state index is 14.9. The summed E-state index contributed by atoms with van der Waals surface area (Å²) in [5.41, 5.74) is -2.57. The summed E-state index contributed by atoms with van der Waals surface area (Å²) in [4.78, 5) is 18.7. The van der Waals surface area contributed by atoms with Crippen molar-refractivity contribution < 1.29 is 71.2 Å². The third-order valence-corrected chi connectivity index (χ3v) is 18.9. The molecule has 5 heterocycles. The highest BCUT2D eigenvalue weighted by molar-refractivity contribution is 7.93. The van der Waals surface area contributed by atoms with Crippen LogP contribution in [0.1, 0.15) is 131 Å². The van der Waals surface area contributed by atoms with E-state index in [0.717, 1.165) is 0 Å². The lowest BCUT2D eigenvalue weighted by Crippen LogP contribution is -2.59. The van der Waals surface area contributed by atoms with Crippen LogP contribution in [0.25, 0.3) is 0 Å². The van der Waals surface area contributed by atoms with E-state index in [1.807, 2.05) is 46.7 Å². The molecule has 0 amide bonds. The van der Waals surface area contributed by atoms with Crippen molar-refractivity contribution in [3.63, 3.8) is 0 Å². The number of alkyl halides is 1. The zero-order chi connectivity index (χ0) is 56.2. The number of methoxy groups -OCH3 is 2. The molecule has 0 radical (unpaired) electrons. The molecule has 4 fully saturated rings. The number of carbonyl (C=O) groups excluding carboxylic acids is 1. The third kappa shape index (κ3) is 14.1. The predicted molar refractivity (Wildman–Crippen MR) is 282 cm³/mol. The maximum Gasteiger partial charge on any atom is 0.311 e. The first-order chi connectivity index (χ1) is 35.6. The van der Waals surface area contributed by atoms with E-state index in [-0.39, 0.29) is 43.1 Å². The number of halogens is 1. The smallest absolute Gasteiger partial charge is 0.311 e. The number of anilines is 1. The number of cyclic esters (lactones) is 1. The molecule has 4 aliphatic heterocycles. The molecular weight excluding hydrogens is 1010 g/mol. The van der Waals surface area contributed by atoms with Crippen LogP contribution in [0.2, 0.25) is 0 Å². The Labute approximate surface area is 450 Å². The second kappa shape index (κ2) is 25.6. The number of sulfonamides is 1. The normalized spacial score (nSPS) is 39.3. The summed E-state index contributed by atoms with van der Waals surface area (Å²) in [7, 11) is 3.51. The minimum atomic E-state index is -3.36. The van der Waals surface area contributed by atoms with Crippen LogP contribution in [0, 0.1) is 17.8 Å². The number of hydrogen-bond donors (Lipinski definition) is 4. The van der Waals surface area contributed by atoms with Gasteiger partial charge in [0.1, 0.15) is 42.7 Å². The molecule has 434 valence electrons. The van der Waals surface area contributed by atoms with E-state index in [4.69, 9.17) is 33.2 Å². The van der Waals surface area contributed by atoms with E-state index in [1.165, 1.54) is 30.1 Å². The van der Waals surface area contributed by atoms with Gasteiger partial charge in [0.25, 0.3) is 0 Å². The number of likely N-dealkylation sites (N-methyl/N-ethyl adjacent to an activating group) is 2. The Kier molecular flexibility index (Phi) is 21.0. The molecule has 19 atom stereocenters. The molecule has 0 unspecified atom stereocenters. The van der Waals surface area contributed by atoms with E-state index in [1.54, 1.807) is 65.1 Å². The average Bonchev–Trinajstić information content (AvgIpc) is 3.99. The number of hydrogen-bond acceptors (Lipinski definition) is 18. The van der Waals surface area contributed by atoms with Gasteiger partial charge in [0.2, 0.25) is 10.0 Å². The van der Waals surface area contributed by atoms with Crippen LogP contribution in [0.15, 0.2) is 30.5 Å². The van der Waals surface area contributed by atoms with Crippen LogP contribution >= 0.6 is 0 Å². The highest BCUT2D eigenvalue weighted by Crippen LogP contribution is 2.41. The number of nitrogens with zero attached hydrogens (tertiary/aromatic N) is 6. The predicted octanol–water partition coefficient (Wildman–Crippen LogP) is 4.57. The monoisotopic (exact) mass is 1100 g/mol. The van der Waals surface area contributed by atoms with Crippen molar-refractivity contribution in [1.82, 2.24) is 24.8 Å². The SMILES string of the molecule is CC[C@H]1OC(=O)[C@H](C)[C@@H](O[C@H]2C[C@@](C)(OC)[C@@H](O)[C@H](C)O2)[C@H](C)[C@@H](O[C@H]2C[C@@H](N(C)CCc3cn([C@H](CF)[C@H](OC)c4ccc(N5CCCS5(=O)=O)cc4)nn3)C[C@@H](C)O2)[C@](C)(O)C[C@@H](C)CN(C)[C@H](C)[C@@H](O)[C@]1(C)O. The molecular formula is C54H91FN6O14S. The maximum atomic E-state index is 14.9. The first-order valence-corrected chi connectivity index (χ1v) is 28.9. The third-order valence-electron chi connectivity index (χ3n) is 17.0. The van der Waals surface area contributed by atoms with Gasteiger partial charge in [-0.15, -0.1) is 5.10 Å². The molecule has 1 aromatic carbocycles. The molecule has 0 bridgehead atoms. The van der Waals surface area contributed by atoms with Gasteiger partial charge in [-0.1, -0.05) is 38.1 Å². The van der Waals surface area contributed by atoms with Crippen molar-refractivity contribution >= 4 is 21.7 Å². The summed E-state index contributed by atoms with van der Waals surface area (Å²) < 4.78 is 87.3. The summed E-state index contributed by atoms with van der Waals surface area (Å²) >= 11 is 0. The number of rotatable bonds is 16. The van der Waals surface area contributed by atoms with E-state index in [0.29, 0.717) is 62.3 Å². The second-order valence-electron chi connectivity index (χ2n) is 23.2. The molecule has 0 spiro atoms. The van der Waals surface area contributed by atoms with Crippen molar-refractivity contribution in [3.05, 3.63) is 41.7 Å². The standard InChI is InChI=1S/C54H91FN6O14S/c1-15-43-54(10,66)48(62)36(6)59(12)30-32(2)27-52(8,65)50(34(4)46(35(5)51(64)73-43)74-45-28-53(9,70-14)49(63)37(7)72-45)75-44-26-41(25-33(3)71-44)58(11)23-21-39-31-60(57-56-39)42(29-55)47(69-13)38-17-19-40(20-18-38)61-22-16-24-76(61,67)68/h17-20,31-37,41-50,62-63,65-66H,15-16,21-30H2,1-14H3/t32-,33-,34+,35-,36-,37+,41+,42-,43-,44+,45+,46+,47-,48-,49+,50-,52-,53-,54-/m1/s1. The minimum Gasteiger partial charge on any atom is -0.459 e. The summed E-state index contributed by atoms with van der Waals surface area (Å²) in [6.45, 7) is 18.4. The number of benzene rings is 1. The van der Waals surface area contributed by atoms with Crippen molar-refractivity contribution in [2.75, 3.05) is 64.7 Å².